The van der Waals surface area contributed by atoms with Gasteiger partial charge in [0, 0.05) is 0 Å². The Morgan fingerprint density at radius 3 is 1.02 bits per heavy atom. The number of carbonyl (C=O) groups excluding carboxylic acids is 1. The predicted octanol–water partition coefficient (Wildman–Crippen LogP) is 17.7. The van der Waals surface area contributed by atoms with Crippen molar-refractivity contribution < 1.29 is 20.1 Å². The van der Waals surface area contributed by atoms with Gasteiger partial charge in [-0.15, -0.1) is 0 Å². The molecule has 0 saturated heterocycles. The molecule has 1 amide bonds. The SMILES string of the molecule is CCCCCCCCCCCCCCCCCC/C=C/CC/C=C/C(O)C(CO)NC(=O)CC(O)CCCCCCCCCCCCCCCCCCCCCCCCCCCC. The number of unbranched alkanes of at least 4 members (excludes halogenated alkanes) is 42. The minimum absolute atomic E-state index is 0.0105. The van der Waals surface area contributed by atoms with Crippen LogP contribution in [0.2, 0.25) is 0 Å². The van der Waals surface area contributed by atoms with Gasteiger partial charge in [0.05, 0.1) is 31.3 Å². The number of carbonyl (C=O) groups is 1. The number of aliphatic hydroxyl groups is 3. The van der Waals surface area contributed by atoms with Crippen molar-refractivity contribution in [2.45, 2.75) is 334 Å². The second-order valence-electron chi connectivity index (χ2n) is 19.9. The van der Waals surface area contributed by atoms with Crippen molar-refractivity contribution in [3.63, 3.8) is 0 Å². The average molecular weight is 889 g/mol. The molecule has 0 rings (SSSR count). The van der Waals surface area contributed by atoms with Gasteiger partial charge in [0.15, 0.2) is 0 Å². The average Bonchev–Trinajstić information content (AvgIpc) is 3.28. The smallest absolute Gasteiger partial charge is 0.222 e. The van der Waals surface area contributed by atoms with Gasteiger partial charge >= 0.3 is 0 Å². The van der Waals surface area contributed by atoms with E-state index in [0.29, 0.717) is 6.42 Å². The van der Waals surface area contributed by atoms with E-state index in [-0.39, 0.29) is 18.9 Å². The lowest BCUT2D eigenvalue weighted by molar-refractivity contribution is -0.124. The van der Waals surface area contributed by atoms with Crippen LogP contribution in [0.1, 0.15) is 316 Å². The molecule has 0 heterocycles. The Kier molecular flexibility index (Phi) is 52.5. The Morgan fingerprint density at radius 2 is 0.683 bits per heavy atom. The van der Waals surface area contributed by atoms with E-state index in [9.17, 15) is 20.1 Å². The lowest BCUT2D eigenvalue weighted by Gasteiger charge is -2.21. The van der Waals surface area contributed by atoms with Gasteiger partial charge in [0.1, 0.15) is 0 Å². The van der Waals surface area contributed by atoms with Crippen molar-refractivity contribution in [3.05, 3.63) is 24.3 Å². The van der Waals surface area contributed by atoms with Gasteiger partial charge in [0.25, 0.3) is 0 Å². The molecule has 0 bridgehead atoms. The maximum absolute atomic E-state index is 12.5. The molecule has 5 nitrogen and oxygen atoms in total. The minimum Gasteiger partial charge on any atom is -0.394 e. The molecule has 0 aromatic heterocycles. The maximum Gasteiger partial charge on any atom is 0.222 e. The summed E-state index contributed by atoms with van der Waals surface area (Å²) in [5.41, 5.74) is 0. The molecule has 3 unspecified atom stereocenters. The number of nitrogens with one attached hydrogen (secondary N) is 1. The summed E-state index contributed by atoms with van der Waals surface area (Å²) in [7, 11) is 0. The highest BCUT2D eigenvalue weighted by molar-refractivity contribution is 5.76. The fraction of sp³-hybridized carbons (Fsp3) is 0.914. The highest BCUT2D eigenvalue weighted by atomic mass is 16.3. The summed E-state index contributed by atoms with van der Waals surface area (Å²) >= 11 is 0. The molecular formula is C58H113NO4. The second kappa shape index (κ2) is 53.4. The van der Waals surface area contributed by atoms with Crippen molar-refractivity contribution in [1.29, 1.82) is 0 Å². The summed E-state index contributed by atoms with van der Waals surface area (Å²) in [5, 5.41) is 33.4. The molecule has 3 atom stereocenters. The third kappa shape index (κ3) is 50.1. The largest absolute Gasteiger partial charge is 0.394 e. The van der Waals surface area contributed by atoms with Gasteiger partial charge in [-0.3, -0.25) is 4.79 Å². The van der Waals surface area contributed by atoms with Crippen molar-refractivity contribution in [2.24, 2.45) is 0 Å². The van der Waals surface area contributed by atoms with Gasteiger partial charge < -0.3 is 20.6 Å². The first kappa shape index (κ1) is 61.8. The van der Waals surface area contributed by atoms with E-state index in [1.54, 1.807) is 6.08 Å². The van der Waals surface area contributed by atoms with E-state index in [1.807, 2.05) is 6.08 Å². The molecule has 63 heavy (non-hydrogen) atoms. The van der Waals surface area contributed by atoms with Crippen LogP contribution >= 0.6 is 0 Å². The minimum atomic E-state index is -0.950. The highest BCUT2D eigenvalue weighted by Crippen LogP contribution is 2.18. The molecule has 0 spiro atoms. The van der Waals surface area contributed by atoms with Gasteiger partial charge in [-0.1, -0.05) is 301 Å². The Labute approximate surface area is 394 Å². The van der Waals surface area contributed by atoms with Crippen LogP contribution in [0.25, 0.3) is 0 Å². The summed E-state index contributed by atoms with van der Waals surface area (Å²) in [6.07, 6.45) is 68.0. The Morgan fingerprint density at radius 1 is 0.397 bits per heavy atom. The first-order valence-corrected chi connectivity index (χ1v) is 28.6. The van der Waals surface area contributed by atoms with E-state index in [4.69, 9.17) is 0 Å². The zero-order valence-corrected chi connectivity index (χ0v) is 42.7. The molecule has 0 aliphatic heterocycles. The molecule has 0 aliphatic carbocycles. The molecule has 0 aromatic rings. The van der Waals surface area contributed by atoms with Gasteiger partial charge in [-0.05, 0) is 32.1 Å². The maximum atomic E-state index is 12.5. The quantitative estimate of drug-likeness (QED) is 0.0362. The zero-order chi connectivity index (χ0) is 45.8. The molecular weight excluding hydrogens is 775 g/mol. The molecule has 0 aromatic carbocycles. The lowest BCUT2D eigenvalue weighted by atomic mass is 10.0. The van der Waals surface area contributed by atoms with Crippen LogP contribution in [0.5, 0.6) is 0 Å². The highest BCUT2D eigenvalue weighted by Gasteiger charge is 2.20. The molecule has 0 fully saturated rings. The van der Waals surface area contributed by atoms with Crippen LogP contribution in [0.15, 0.2) is 24.3 Å². The zero-order valence-electron chi connectivity index (χ0n) is 42.7. The van der Waals surface area contributed by atoms with Gasteiger partial charge in [0.2, 0.25) is 5.91 Å². The lowest BCUT2D eigenvalue weighted by Crippen LogP contribution is -2.45. The molecule has 0 radical (unpaired) electrons. The molecule has 0 saturated carbocycles. The van der Waals surface area contributed by atoms with Crippen LogP contribution in [-0.2, 0) is 4.79 Å². The van der Waals surface area contributed by atoms with Crippen LogP contribution in [0.4, 0.5) is 0 Å². The summed E-state index contributed by atoms with van der Waals surface area (Å²) in [6, 6.07) is -0.759. The van der Waals surface area contributed by atoms with Crippen molar-refractivity contribution >= 4 is 5.91 Å². The summed E-state index contributed by atoms with van der Waals surface area (Å²) < 4.78 is 0. The first-order chi connectivity index (χ1) is 31.0. The number of amides is 1. The normalized spacial score (nSPS) is 13.4. The van der Waals surface area contributed by atoms with Crippen molar-refractivity contribution in [3.8, 4) is 0 Å². The Bertz CT molecular complexity index is 936. The van der Waals surface area contributed by atoms with E-state index in [0.717, 1.165) is 32.1 Å². The van der Waals surface area contributed by atoms with E-state index in [2.05, 4.69) is 31.3 Å². The molecule has 374 valence electrons. The number of allylic oxidation sites excluding steroid dienone is 3. The number of hydrogen-bond donors (Lipinski definition) is 4. The number of hydrogen-bond acceptors (Lipinski definition) is 4. The molecule has 0 aliphatic rings. The van der Waals surface area contributed by atoms with Crippen LogP contribution < -0.4 is 5.32 Å². The van der Waals surface area contributed by atoms with Crippen LogP contribution in [0.3, 0.4) is 0 Å². The monoisotopic (exact) mass is 888 g/mol. The van der Waals surface area contributed by atoms with Gasteiger partial charge in [-0.25, -0.2) is 0 Å². The summed E-state index contributed by atoms with van der Waals surface area (Å²) in [4.78, 5) is 12.5. The third-order valence-corrected chi connectivity index (χ3v) is 13.5. The van der Waals surface area contributed by atoms with E-state index >= 15 is 0 Å². The second-order valence-corrected chi connectivity index (χ2v) is 19.9. The summed E-state index contributed by atoms with van der Waals surface area (Å²) in [5.74, 6) is -0.319. The third-order valence-electron chi connectivity index (χ3n) is 13.5. The predicted molar refractivity (Wildman–Crippen MR) is 278 cm³/mol. The topological polar surface area (TPSA) is 89.8 Å². The number of aliphatic hydroxyl groups excluding tert-OH is 3. The Balaban J connectivity index is 3.56. The van der Waals surface area contributed by atoms with Crippen LogP contribution in [-0.4, -0.2) is 46.1 Å². The van der Waals surface area contributed by atoms with E-state index in [1.165, 1.54) is 257 Å². The fourth-order valence-corrected chi connectivity index (χ4v) is 9.12. The van der Waals surface area contributed by atoms with Gasteiger partial charge in [-0.2, -0.15) is 0 Å². The fourth-order valence-electron chi connectivity index (χ4n) is 9.12. The molecule has 5 heteroatoms. The number of rotatable bonds is 53. The molecule has 4 N–H and O–H groups in total. The standard InChI is InChI=1S/C58H113NO4/c1-3-5-7-9-11-13-15-17-19-21-23-25-27-28-29-30-31-33-35-37-39-41-43-45-47-49-51-55(61)53-58(63)59-56(54-60)57(62)52-50-48-46-44-42-40-38-36-34-32-26-24-22-20-18-16-14-12-10-8-6-4-2/h42,44,50,52,55-57,60-62H,3-41,43,45-49,51,53-54H2,1-2H3,(H,59,63)/b44-42+,52-50+. The first-order valence-electron chi connectivity index (χ1n) is 28.6. The van der Waals surface area contributed by atoms with Crippen LogP contribution in [0, 0.1) is 0 Å². The Hall–Kier alpha value is -1.17. The summed E-state index contributed by atoms with van der Waals surface area (Å²) in [6.45, 7) is 4.24. The van der Waals surface area contributed by atoms with Crippen molar-refractivity contribution in [2.75, 3.05) is 6.61 Å². The van der Waals surface area contributed by atoms with E-state index < -0.39 is 18.2 Å². The van der Waals surface area contributed by atoms with Crippen molar-refractivity contribution in [1.82, 2.24) is 5.32 Å².